The molecular formula is C41H52F2N8O8. The molecule has 0 unspecified atom stereocenters. The Labute approximate surface area is 340 Å². The molecule has 4 aliphatic heterocycles. The smallest absolute Gasteiger partial charge is 0.329 e. The minimum atomic E-state index is -1.68. The zero-order valence-electron chi connectivity index (χ0n) is 33.5. The van der Waals surface area contributed by atoms with Crippen LogP contribution in [0.1, 0.15) is 64.0 Å². The monoisotopic (exact) mass is 822 g/mol. The van der Waals surface area contributed by atoms with Crippen LogP contribution in [-0.4, -0.2) is 124 Å². The lowest BCUT2D eigenvalue weighted by molar-refractivity contribution is -0.163. The summed E-state index contributed by atoms with van der Waals surface area (Å²) in [7, 11) is 0. The predicted octanol–water partition coefficient (Wildman–Crippen LogP) is 1.49. The number of nitrogens with two attached hydrogens (primary N) is 1. The number of halogens is 2. The van der Waals surface area contributed by atoms with Crippen molar-refractivity contribution in [3.8, 4) is 0 Å². The first-order valence-electron chi connectivity index (χ1n) is 20.1. The van der Waals surface area contributed by atoms with Crippen molar-refractivity contribution in [2.75, 3.05) is 25.0 Å². The fourth-order valence-electron chi connectivity index (χ4n) is 8.42. The first-order valence-corrected chi connectivity index (χ1v) is 20.1. The average Bonchev–Trinajstić information content (AvgIpc) is 3.78. The van der Waals surface area contributed by atoms with Crippen LogP contribution in [0.4, 0.5) is 19.3 Å². The second-order valence-corrected chi connectivity index (χ2v) is 16.3. The lowest BCUT2D eigenvalue weighted by Crippen LogP contribution is -2.63. The van der Waals surface area contributed by atoms with Crippen LogP contribution < -0.4 is 27.0 Å². The Morgan fingerprint density at radius 2 is 1.54 bits per heavy atom. The standard InChI is InChI=1S/C41H52F2N8O8/c1-21-8-10-29(11-9-21)46-41(58)47-30(16-25-14-26(42)17-27(43)15-25)35(52)48-34-24(4)59-40(57)33-13-22(2)19-50(33)37(54)23(3)45-36(53)31-7-5-6-12-49(31)38(55)32-18-28(44)20-51(32)39(34)56/h8-11,14-15,17,22-24,28,30-34H,5-7,12-13,16,18-20,44H2,1-4H3,(H,45,53)(H,48,52)(H2,46,47,58)/t22-,23+,24+,28+,30+,31+,32+,33+,34+/m1/s1. The summed E-state index contributed by atoms with van der Waals surface area (Å²) < 4.78 is 34.6. The Balaban J connectivity index is 1.35. The van der Waals surface area contributed by atoms with Gasteiger partial charge in [0.2, 0.25) is 29.5 Å². The molecule has 0 aromatic heterocycles. The molecule has 7 amide bonds. The van der Waals surface area contributed by atoms with Gasteiger partial charge in [-0.25, -0.2) is 18.4 Å². The molecule has 9 atom stereocenters. The molecule has 318 valence electrons. The van der Waals surface area contributed by atoms with E-state index in [1.165, 1.54) is 28.5 Å². The minimum absolute atomic E-state index is 0.00715. The SMILES string of the molecule is Cc1ccc(NC(=O)N[C@@H](Cc2cc(F)cc(F)c2)C(=O)N[C@@H]2C(=O)N3C[C@@H](N)C[C@H]3C(=O)N3CCCC[C@H]3C(=O)N[C@@H](C)C(=O)N3C[C@H](C)C[C@H]3C(=O)O[C@H]2C)cc1. The van der Waals surface area contributed by atoms with Gasteiger partial charge < -0.3 is 46.4 Å². The highest BCUT2D eigenvalue weighted by Crippen LogP contribution is 2.29. The first kappa shape index (κ1) is 42.9. The number of nitrogens with one attached hydrogen (secondary N) is 4. The van der Waals surface area contributed by atoms with Gasteiger partial charge in [-0.15, -0.1) is 0 Å². The Bertz CT molecular complexity index is 1950. The van der Waals surface area contributed by atoms with Gasteiger partial charge >= 0.3 is 12.0 Å². The van der Waals surface area contributed by atoms with Crippen molar-refractivity contribution in [2.45, 2.75) is 115 Å². The van der Waals surface area contributed by atoms with Crippen LogP contribution in [0.5, 0.6) is 0 Å². The molecule has 4 saturated heterocycles. The van der Waals surface area contributed by atoms with Crippen molar-refractivity contribution in [3.63, 3.8) is 0 Å². The van der Waals surface area contributed by atoms with Gasteiger partial charge in [-0.1, -0.05) is 24.6 Å². The highest BCUT2D eigenvalue weighted by Gasteiger charge is 2.48. The Morgan fingerprint density at radius 3 is 2.24 bits per heavy atom. The summed E-state index contributed by atoms with van der Waals surface area (Å²) in [6.07, 6.45) is -0.0397. The summed E-state index contributed by atoms with van der Waals surface area (Å²) >= 11 is 0. The summed E-state index contributed by atoms with van der Waals surface area (Å²) in [5.41, 5.74) is 7.68. The van der Waals surface area contributed by atoms with Crippen LogP contribution in [0, 0.1) is 24.5 Å². The Kier molecular flexibility index (Phi) is 13.2. The summed E-state index contributed by atoms with van der Waals surface area (Å²) in [5, 5.41) is 10.5. The van der Waals surface area contributed by atoms with E-state index in [9.17, 15) is 42.3 Å². The molecule has 59 heavy (non-hydrogen) atoms. The van der Waals surface area contributed by atoms with Crippen molar-refractivity contribution in [2.24, 2.45) is 11.7 Å². The van der Waals surface area contributed by atoms with Crippen LogP contribution in [-0.2, 0) is 39.9 Å². The number of benzene rings is 2. The van der Waals surface area contributed by atoms with Crippen molar-refractivity contribution in [1.82, 2.24) is 30.7 Å². The van der Waals surface area contributed by atoms with E-state index >= 15 is 0 Å². The van der Waals surface area contributed by atoms with E-state index in [0.29, 0.717) is 31.0 Å². The highest BCUT2D eigenvalue weighted by atomic mass is 19.1. The number of ether oxygens (including phenoxy) is 1. The van der Waals surface area contributed by atoms with Gasteiger partial charge in [0.1, 0.15) is 54.0 Å². The third kappa shape index (κ3) is 9.97. The third-order valence-electron chi connectivity index (χ3n) is 11.4. The van der Waals surface area contributed by atoms with E-state index < -0.39 is 108 Å². The molecule has 0 bridgehead atoms. The first-order chi connectivity index (χ1) is 28.0. The molecule has 4 fully saturated rings. The van der Waals surface area contributed by atoms with Crippen LogP contribution >= 0.6 is 0 Å². The second kappa shape index (κ2) is 18.1. The molecule has 6 N–H and O–H groups in total. The number of cyclic esters (lactones) is 1. The van der Waals surface area contributed by atoms with E-state index in [2.05, 4.69) is 21.3 Å². The number of hydrogen-bond acceptors (Lipinski definition) is 9. The van der Waals surface area contributed by atoms with Gasteiger partial charge in [-0.2, -0.15) is 0 Å². The lowest BCUT2D eigenvalue weighted by Gasteiger charge is -2.39. The van der Waals surface area contributed by atoms with Crippen LogP contribution in [0.3, 0.4) is 0 Å². The fourth-order valence-corrected chi connectivity index (χ4v) is 8.42. The van der Waals surface area contributed by atoms with Crippen molar-refractivity contribution in [3.05, 3.63) is 65.2 Å². The van der Waals surface area contributed by atoms with Crippen LogP contribution in [0.25, 0.3) is 0 Å². The lowest BCUT2D eigenvalue weighted by atomic mass is 9.98. The largest absolute Gasteiger partial charge is 0.458 e. The number of carbonyl (C=O) groups is 7. The zero-order chi connectivity index (χ0) is 42.7. The van der Waals surface area contributed by atoms with Gasteiger partial charge in [0, 0.05) is 43.9 Å². The molecule has 0 spiro atoms. The maximum atomic E-state index is 14.8. The van der Waals surface area contributed by atoms with Gasteiger partial charge in [0.05, 0.1) is 0 Å². The Morgan fingerprint density at radius 1 is 0.864 bits per heavy atom. The zero-order valence-corrected chi connectivity index (χ0v) is 33.5. The van der Waals surface area contributed by atoms with Crippen molar-refractivity contribution in [1.29, 1.82) is 0 Å². The number of hydrogen-bond donors (Lipinski definition) is 5. The van der Waals surface area contributed by atoms with Gasteiger partial charge in [-0.3, -0.25) is 24.0 Å². The Hall–Kier alpha value is -5.65. The van der Waals surface area contributed by atoms with Crippen molar-refractivity contribution < 1.29 is 47.1 Å². The highest BCUT2D eigenvalue weighted by molar-refractivity contribution is 5.99. The molecule has 2 aromatic rings. The summed E-state index contributed by atoms with van der Waals surface area (Å²) in [4.78, 5) is 102. The number of aryl methyl sites for hydroxylation is 1. The molecule has 4 aliphatic rings. The number of piperidine rings is 1. The molecular weight excluding hydrogens is 770 g/mol. The fraction of sp³-hybridized carbons (Fsp3) is 0.537. The predicted molar refractivity (Wildman–Crippen MR) is 209 cm³/mol. The quantitative estimate of drug-likeness (QED) is 0.267. The number of anilines is 1. The maximum Gasteiger partial charge on any atom is 0.329 e. The van der Waals surface area contributed by atoms with Gasteiger partial charge in [-0.05, 0) is 88.6 Å². The normalized spacial score (nSPS) is 28.5. The topological polar surface area (TPSA) is 213 Å². The minimum Gasteiger partial charge on any atom is -0.458 e. The number of amides is 7. The maximum absolute atomic E-state index is 14.8. The van der Waals surface area contributed by atoms with E-state index in [4.69, 9.17) is 10.5 Å². The van der Waals surface area contributed by atoms with Crippen LogP contribution in [0.15, 0.2) is 42.5 Å². The molecule has 0 saturated carbocycles. The molecule has 2 aromatic carbocycles. The van der Waals surface area contributed by atoms with E-state index in [0.717, 1.165) is 17.7 Å². The molecule has 6 rings (SSSR count). The summed E-state index contributed by atoms with van der Waals surface area (Å²) in [5.74, 6) is -6.26. The molecule has 16 nitrogen and oxygen atoms in total. The van der Waals surface area contributed by atoms with Gasteiger partial charge in [0.15, 0.2) is 0 Å². The number of fused-ring (bicyclic) bond motifs is 3. The second-order valence-electron chi connectivity index (χ2n) is 16.3. The van der Waals surface area contributed by atoms with Crippen molar-refractivity contribution >= 4 is 47.2 Å². The van der Waals surface area contributed by atoms with Gasteiger partial charge in [0.25, 0.3) is 0 Å². The number of urea groups is 1. The molecule has 0 aliphatic carbocycles. The van der Waals surface area contributed by atoms with E-state index in [-0.39, 0.29) is 44.0 Å². The van der Waals surface area contributed by atoms with E-state index in [1.807, 2.05) is 13.8 Å². The molecule has 4 heterocycles. The summed E-state index contributed by atoms with van der Waals surface area (Å²) in [6, 6.07) is 0.458. The number of esters is 1. The number of carbonyl (C=O) groups excluding carboxylic acids is 7. The average molecular weight is 823 g/mol. The molecule has 18 heteroatoms. The van der Waals surface area contributed by atoms with E-state index in [1.54, 1.807) is 24.3 Å². The number of nitrogens with zero attached hydrogens (tertiary/aromatic N) is 3. The third-order valence-corrected chi connectivity index (χ3v) is 11.4. The summed E-state index contributed by atoms with van der Waals surface area (Å²) in [6.45, 7) is 6.88. The molecule has 0 radical (unpaired) electrons. The van der Waals surface area contributed by atoms with Crippen LogP contribution in [0.2, 0.25) is 0 Å². The number of rotatable bonds is 6.